The molecule has 1 aliphatic rings. The molecule has 0 spiro atoms. The van der Waals surface area contributed by atoms with Crippen molar-refractivity contribution in [3.8, 4) is 0 Å². The second kappa shape index (κ2) is 8.00. The van der Waals surface area contributed by atoms with Gasteiger partial charge in [0.25, 0.3) is 5.91 Å². The van der Waals surface area contributed by atoms with E-state index in [4.69, 9.17) is 4.74 Å². The first kappa shape index (κ1) is 18.8. The maximum atomic E-state index is 12.8. The second-order valence-electron chi connectivity index (χ2n) is 5.08. The van der Waals surface area contributed by atoms with Gasteiger partial charge in [-0.2, -0.15) is 11.8 Å². The van der Waals surface area contributed by atoms with E-state index in [1.165, 1.54) is 30.1 Å². The SMILES string of the molecule is CCOC(=O)[C@H]1CSCCN1C(=O)c1cccc(S(=O)(=O)NC)c1. The van der Waals surface area contributed by atoms with Gasteiger partial charge in [-0.25, -0.2) is 17.9 Å². The number of carbonyl (C=O) groups excluding carboxylic acids is 2. The van der Waals surface area contributed by atoms with Crippen LogP contribution in [0.2, 0.25) is 0 Å². The molecule has 0 aromatic heterocycles. The van der Waals surface area contributed by atoms with Crippen molar-refractivity contribution < 1.29 is 22.7 Å². The Bertz CT molecular complexity index is 720. The van der Waals surface area contributed by atoms with Gasteiger partial charge in [-0.15, -0.1) is 0 Å². The van der Waals surface area contributed by atoms with Crippen molar-refractivity contribution in [1.29, 1.82) is 0 Å². The monoisotopic (exact) mass is 372 g/mol. The molecule has 9 heteroatoms. The van der Waals surface area contributed by atoms with Gasteiger partial charge in [0, 0.05) is 23.6 Å². The Morgan fingerprint density at radius 3 is 2.83 bits per heavy atom. The molecule has 1 aromatic carbocycles. The normalized spacial score (nSPS) is 18.2. The summed E-state index contributed by atoms with van der Waals surface area (Å²) in [4.78, 5) is 26.3. The Morgan fingerprint density at radius 1 is 1.42 bits per heavy atom. The molecule has 132 valence electrons. The lowest BCUT2D eigenvalue weighted by atomic mass is 10.1. The van der Waals surface area contributed by atoms with Crippen molar-refractivity contribution in [1.82, 2.24) is 9.62 Å². The van der Waals surface area contributed by atoms with Gasteiger partial charge in [-0.05, 0) is 32.2 Å². The van der Waals surface area contributed by atoms with Crippen LogP contribution < -0.4 is 4.72 Å². The van der Waals surface area contributed by atoms with Gasteiger partial charge in [-0.3, -0.25) is 4.79 Å². The minimum Gasteiger partial charge on any atom is -0.464 e. The number of nitrogens with zero attached hydrogens (tertiary/aromatic N) is 1. The van der Waals surface area contributed by atoms with Gasteiger partial charge in [0.1, 0.15) is 6.04 Å². The first-order chi connectivity index (χ1) is 11.4. The van der Waals surface area contributed by atoms with Crippen molar-refractivity contribution in [2.45, 2.75) is 17.9 Å². The summed E-state index contributed by atoms with van der Waals surface area (Å²) in [6.07, 6.45) is 0. The van der Waals surface area contributed by atoms with Gasteiger partial charge in [0.15, 0.2) is 0 Å². The van der Waals surface area contributed by atoms with Crippen LogP contribution in [0.3, 0.4) is 0 Å². The fourth-order valence-electron chi connectivity index (χ4n) is 2.36. The smallest absolute Gasteiger partial charge is 0.329 e. The Kier molecular flexibility index (Phi) is 6.25. The lowest BCUT2D eigenvalue weighted by Gasteiger charge is -2.33. The van der Waals surface area contributed by atoms with E-state index in [0.717, 1.165) is 5.75 Å². The molecule has 1 atom stereocenters. The number of thioether (sulfide) groups is 1. The van der Waals surface area contributed by atoms with Crippen molar-refractivity contribution in [2.75, 3.05) is 31.7 Å². The molecule has 1 aromatic rings. The van der Waals surface area contributed by atoms with Crippen LogP contribution in [0.1, 0.15) is 17.3 Å². The van der Waals surface area contributed by atoms with Crippen molar-refractivity contribution in [3.63, 3.8) is 0 Å². The Hall–Kier alpha value is -1.58. The zero-order valence-corrected chi connectivity index (χ0v) is 15.2. The van der Waals surface area contributed by atoms with E-state index in [1.54, 1.807) is 24.8 Å². The van der Waals surface area contributed by atoms with Gasteiger partial charge < -0.3 is 9.64 Å². The van der Waals surface area contributed by atoms with E-state index < -0.39 is 22.0 Å². The molecule has 2 rings (SSSR count). The first-order valence-corrected chi connectivity index (χ1v) is 10.1. The van der Waals surface area contributed by atoms with E-state index in [1.807, 2.05) is 0 Å². The summed E-state index contributed by atoms with van der Waals surface area (Å²) in [5, 5.41) is 0. The van der Waals surface area contributed by atoms with Crippen LogP contribution in [-0.2, 0) is 19.6 Å². The predicted molar refractivity (Wildman–Crippen MR) is 91.5 cm³/mol. The van der Waals surface area contributed by atoms with Crippen molar-refractivity contribution in [3.05, 3.63) is 29.8 Å². The number of benzene rings is 1. The molecule has 7 nitrogen and oxygen atoms in total. The Balaban J connectivity index is 2.29. The number of ether oxygens (including phenoxy) is 1. The van der Waals surface area contributed by atoms with Crippen LogP contribution in [0.5, 0.6) is 0 Å². The van der Waals surface area contributed by atoms with Crippen LogP contribution in [0.25, 0.3) is 0 Å². The van der Waals surface area contributed by atoms with Gasteiger partial charge >= 0.3 is 5.97 Å². The van der Waals surface area contributed by atoms with Gasteiger partial charge in [-0.1, -0.05) is 6.07 Å². The second-order valence-corrected chi connectivity index (χ2v) is 8.11. The fourth-order valence-corrected chi connectivity index (χ4v) is 4.17. The van der Waals surface area contributed by atoms with Crippen LogP contribution in [-0.4, -0.2) is 62.9 Å². The minimum atomic E-state index is -3.64. The summed E-state index contributed by atoms with van der Waals surface area (Å²) in [7, 11) is -2.33. The lowest BCUT2D eigenvalue weighted by Crippen LogP contribution is -2.51. The summed E-state index contributed by atoms with van der Waals surface area (Å²) in [5.41, 5.74) is 0.229. The van der Waals surface area contributed by atoms with E-state index >= 15 is 0 Å². The average Bonchev–Trinajstić information content (AvgIpc) is 2.61. The number of amides is 1. The van der Waals surface area contributed by atoms with E-state index in [2.05, 4.69) is 4.72 Å². The minimum absolute atomic E-state index is 0.00918. The molecule has 1 heterocycles. The summed E-state index contributed by atoms with van der Waals surface area (Å²) in [5.74, 6) is 0.383. The molecule has 0 bridgehead atoms. The molecule has 0 saturated carbocycles. The topological polar surface area (TPSA) is 92.8 Å². The van der Waals surface area contributed by atoms with E-state index in [-0.39, 0.29) is 23.0 Å². The number of nitrogens with one attached hydrogen (secondary N) is 1. The Morgan fingerprint density at radius 2 is 2.17 bits per heavy atom. The maximum Gasteiger partial charge on any atom is 0.329 e. The number of rotatable bonds is 5. The summed E-state index contributed by atoms with van der Waals surface area (Å²) in [6.45, 7) is 2.38. The van der Waals surface area contributed by atoms with Gasteiger partial charge in [0.2, 0.25) is 10.0 Å². The molecule has 0 aliphatic carbocycles. The molecule has 1 saturated heterocycles. The molecule has 0 radical (unpaired) electrons. The predicted octanol–water partition coefficient (Wildman–Crippen LogP) is 0.715. The molecule has 1 fully saturated rings. The van der Waals surface area contributed by atoms with E-state index in [0.29, 0.717) is 12.3 Å². The summed E-state index contributed by atoms with van der Waals surface area (Å²) >= 11 is 1.58. The number of hydrogen-bond donors (Lipinski definition) is 1. The first-order valence-electron chi connectivity index (χ1n) is 7.49. The summed E-state index contributed by atoms with van der Waals surface area (Å²) < 4.78 is 31.1. The zero-order valence-electron chi connectivity index (χ0n) is 13.5. The van der Waals surface area contributed by atoms with Crippen molar-refractivity contribution in [2.24, 2.45) is 0 Å². The van der Waals surface area contributed by atoms with Crippen LogP contribution in [0.4, 0.5) is 0 Å². The number of sulfonamides is 1. The largest absolute Gasteiger partial charge is 0.464 e. The highest BCUT2D eigenvalue weighted by atomic mass is 32.2. The molecule has 24 heavy (non-hydrogen) atoms. The molecule has 1 N–H and O–H groups in total. The highest BCUT2D eigenvalue weighted by Crippen LogP contribution is 2.21. The van der Waals surface area contributed by atoms with Crippen LogP contribution >= 0.6 is 11.8 Å². The quantitative estimate of drug-likeness (QED) is 0.766. The van der Waals surface area contributed by atoms with Crippen LogP contribution in [0, 0.1) is 0 Å². The number of esters is 1. The third kappa shape index (κ3) is 4.08. The lowest BCUT2D eigenvalue weighted by molar-refractivity contribution is -0.147. The number of hydrogen-bond acceptors (Lipinski definition) is 6. The molecule has 1 amide bonds. The highest BCUT2D eigenvalue weighted by molar-refractivity contribution is 7.99. The third-order valence-corrected chi connectivity index (χ3v) is 6.04. The van der Waals surface area contributed by atoms with Gasteiger partial charge in [0.05, 0.1) is 11.5 Å². The summed E-state index contributed by atoms with van der Waals surface area (Å²) in [6, 6.07) is 5.13. The fraction of sp³-hybridized carbons (Fsp3) is 0.467. The van der Waals surface area contributed by atoms with E-state index in [9.17, 15) is 18.0 Å². The standard InChI is InChI=1S/C15H20N2O5S2/c1-3-22-15(19)13-10-23-8-7-17(13)14(18)11-5-4-6-12(9-11)24(20,21)16-2/h4-6,9,13,16H,3,7-8,10H2,1-2H3/t13-/m1/s1. The highest BCUT2D eigenvalue weighted by Gasteiger charge is 2.34. The molecule has 1 aliphatic heterocycles. The number of carbonyl (C=O) groups is 2. The molecular formula is C15H20N2O5S2. The molecular weight excluding hydrogens is 352 g/mol. The average molecular weight is 372 g/mol. The zero-order chi connectivity index (χ0) is 17.7. The third-order valence-electron chi connectivity index (χ3n) is 3.61. The Labute approximate surface area is 145 Å². The molecule has 0 unspecified atom stereocenters. The maximum absolute atomic E-state index is 12.8. The van der Waals surface area contributed by atoms with Crippen LogP contribution in [0.15, 0.2) is 29.2 Å². The van der Waals surface area contributed by atoms with Crippen molar-refractivity contribution >= 4 is 33.7 Å².